The quantitative estimate of drug-likeness (QED) is 0.800. The number of hydrogen-bond donors (Lipinski definition) is 0. The summed E-state index contributed by atoms with van der Waals surface area (Å²) in [6.45, 7) is 10.2. The normalized spacial score (nSPS) is 18.1. The molecule has 0 aliphatic carbocycles. The summed E-state index contributed by atoms with van der Waals surface area (Å²) < 4.78 is 0. The fourth-order valence-electron chi connectivity index (χ4n) is 2.54. The van der Waals surface area contributed by atoms with Crippen LogP contribution in [0.25, 0.3) is 0 Å². The minimum absolute atomic E-state index is 0.0122. The maximum absolute atomic E-state index is 11.3. The monoisotopic (exact) mass is 294 g/mol. The molecule has 110 valence electrons. The van der Waals surface area contributed by atoms with E-state index in [1.165, 1.54) is 16.7 Å². The lowest BCUT2D eigenvalue weighted by molar-refractivity contribution is -0.130. The van der Waals surface area contributed by atoms with E-state index in [0.29, 0.717) is 0 Å². The Bertz CT molecular complexity index is 481. The van der Waals surface area contributed by atoms with Crippen molar-refractivity contribution in [1.29, 1.82) is 0 Å². The van der Waals surface area contributed by atoms with Crippen LogP contribution in [0.1, 0.15) is 29.0 Å². The molecule has 1 aromatic carbocycles. The minimum Gasteiger partial charge on any atom is -0.340 e. The zero-order valence-electron chi connectivity index (χ0n) is 12.5. The number of carbonyl (C=O) groups excluding carboxylic acids is 1. The van der Waals surface area contributed by atoms with Crippen molar-refractivity contribution in [3.63, 3.8) is 0 Å². The van der Waals surface area contributed by atoms with E-state index in [2.05, 4.69) is 36.9 Å². The molecule has 1 saturated heterocycles. The summed E-state index contributed by atoms with van der Waals surface area (Å²) in [5, 5.41) is 0.0122. The molecule has 0 N–H and O–H groups in total. The fourth-order valence-corrected chi connectivity index (χ4v) is 2.87. The van der Waals surface area contributed by atoms with E-state index < -0.39 is 0 Å². The SMILES string of the molecule is CC(=O)N1CCN(CC(Cl)c2ccc(C)c(C)c2)CC1. The van der Waals surface area contributed by atoms with Gasteiger partial charge in [-0.3, -0.25) is 9.69 Å². The lowest BCUT2D eigenvalue weighted by atomic mass is 10.0. The average Bonchev–Trinajstić information content (AvgIpc) is 2.42. The maximum Gasteiger partial charge on any atom is 0.219 e. The summed E-state index contributed by atoms with van der Waals surface area (Å²) in [6.07, 6.45) is 0. The van der Waals surface area contributed by atoms with E-state index in [9.17, 15) is 4.79 Å². The van der Waals surface area contributed by atoms with Crippen LogP contribution in [0.2, 0.25) is 0 Å². The highest BCUT2D eigenvalue weighted by atomic mass is 35.5. The zero-order valence-corrected chi connectivity index (χ0v) is 13.3. The molecule has 1 fully saturated rings. The van der Waals surface area contributed by atoms with Gasteiger partial charge in [0.15, 0.2) is 0 Å². The Hall–Kier alpha value is -1.06. The summed E-state index contributed by atoms with van der Waals surface area (Å²) in [5.74, 6) is 0.168. The molecule has 1 heterocycles. The summed E-state index contributed by atoms with van der Waals surface area (Å²) in [5.41, 5.74) is 3.77. The van der Waals surface area contributed by atoms with Gasteiger partial charge in [-0.2, -0.15) is 0 Å². The predicted octanol–water partition coefficient (Wildman–Crippen LogP) is 2.75. The van der Waals surface area contributed by atoms with Crippen LogP contribution in [0.4, 0.5) is 0 Å². The van der Waals surface area contributed by atoms with Crippen molar-refractivity contribution in [2.45, 2.75) is 26.1 Å². The number of amides is 1. The number of aryl methyl sites for hydroxylation is 2. The Morgan fingerprint density at radius 3 is 2.40 bits per heavy atom. The molecule has 4 heteroatoms. The molecular formula is C16H23ClN2O. The first-order chi connectivity index (χ1) is 9.47. The topological polar surface area (TPSA) is 23.6 Å². The van der Waals surface area contributed by atoms with Crippen LogP contribution in [-0.4, -0.2) is 48.4 Å². The molecule has 1 amide bonds. The third kappa shape index (κ3) is 3.74. The Labute approximate surface area is 126 Å². The largest absolute Gasteiger partial charge is 0.340 e. The number of carbonyl (C=O) groups is 1. The van der Waals surface area contributed by atoms with Crippen molar-refractivity contribution in [1.82, 2.24) is 9.80 Å². The highest BCUT2D eigenvalue weighted by Crippen LogP contribution is 2.24. The first-order valence-electron chi connectivity index (χ1n) is 7.16. The van der Waals surface area contributed by atoms with Gasteiger partial charge in [-0.15, -0.1) is 11.6 Å². The second-order valence-corrected chi connectivity index (χ2v) is 6.14. The van der Waals surface area contributed by atoms with Crippen molar-refractivity contribution in [2.75, 3.05) is 32.7 Å². The zero-order chi connectivity index (χ0) is 14.7. The Balaban J connectivity index is 1.90. The number of rotatable bonds is 3. The number of nitrogens with zero attached hydrogens (tertiary/aromatic N) is 2. The van der Waals surface area contributed by atoms with E-state index in [0.717, 1.165) is 32.7 Å². The van der Waals surface area contributed by atoms with Gasteiger partial charge < -0.3 is 4.90 Å². The highest BCUT2D eigenvalue weighted by Gasteiger charge is 2.21. The van der Waals surface area contributed by atoms with Crippen molar-refractivity contribution < 1.29 is 4.79 Å². The fraction of sp³-hybridized carbons (Fsp3) is 0.562. The Morgan fingerprint density at radius 2 is 1.85 bits per heavy atom. The van der Waals surface area contributed by atoms with Crippen LogP contribution < -0.4 is 0 Å². The molecule has 1 aliphatic heterocycles. The van der Waals surface area contributed by atoms with Gasteiger partial charge in [0.1, 0.15) is 0 Å². The molecule has 20 heavy (non-hydrogen) atoms. The molecule has 0 radical (unpaired) electrons. The van der Waals surface area contributed by atoms with Gasteiger partial charge in [0.25, 0.3) is 0 Å². The maximum atomic E-state index is 11.3. The van der Waals surface area contributed by atoms with Gasteiger partial charge in [0, 0.05) is 39.6 Å². The van der Waals surface area contributed by atoms with Crippen LogP contribution in [0.3, 0.4) is 0 Å². The molecule has 1 aromatic rings. The highest BCUT2D eigenvalue weighted by molar-refractivity contribution is 6.21. The van der Waals surface area contributed by atoms with Crippen molar-refractivity contribution in [3.8, 4) is 0 Å². The van der Waals surface area contributed by atoms with Gasteiger partial charge in [0.2, 0.25) is 5.91 Å². The molecule has 1 unspecified atom stereocenters. The van der Waals surface area contributed by atoms with Crippen LogP contribution in [0, 0.1) is 13.8 Å². The van der Waals surface area contributed by atoms with Crippen LogP contribution in [0.15, 0.2) is 18.2 Å². The molecule has 1 aliphatic rings. The number of benzene rings is 1. The van der Waals surface area contributed by atoms with Crippen molar-refractivity contribution in [2.24, 2.45) is 0 Å². The van der Waals surface area contributed by atoms with Crippen LogP contribution in [-0.2, 0) is 4.79 Å². The molecule has 0 saturated carbocycles. The lowest BCUT2D eigenvalue weighted by Crippen LogP contribution is -2.48. The van der Waals surface area contributed by atoms with E-state index in [4.69, 9.17) is 11.6 Å². The third-order valence-electron chi connectivity index (χ3n) is 4.13. The van der Waals surface area contributed by atoms with Gasteiger partial charge in [0.05, 0.1) is 5.38 Å². The lowest BCUT2D eigenvalue weighted by Gasteiger charge is -2.35. The molecule has 2 rings (SSSR count). The summed E-state index contributed by atoms with van der Waals surface area (Å²) >= 11 is 6.54. The predicted molar refractivity (Wildman–Crippen MR) is 83.2 cm³/mol. The van der Waals surface area contributed by atoms with Crippen molar-refractivity contribution >= 4 is 17.5 Å². The summed E-state index contributed by atoms with van der Waals surface area (Å²) in [4.78, 5) is 15.5. The standard InChI is InChI=1S/C16H23ClN2O/c1-12-4-5-15(10-13(12)2)16(17)11-18-6-8-19(9-7-18)14(3)20/h4-5,10,16H,6-9,11H2,1-3H3. The second kappa shape index (κ2) is 6.59. The number of hydrogen-bond acceptors (Lipinski definition) is 2. The summed E-state index contributed by atoms with van der Waals surface area (Å²) in [6, 6.07) is 6.43. The van der Waals surface area contributed by atoms with Crippen molar-refractivity contribution in [3.05, 3.63) is 34.9 Å². The van der Waals surface area contributed by atoms with Gasteiger partial charge >= 0.3 is 0 Å². The van der Waals surface area contributed by atoms with E-state index in [-0.39, 0.29) is 11.3 Å². The molecule has 3 nitrogen and oxygen atoms in total. The second-order valence-electron chi connectivity index (χ2n) is 5.62. The number of piperazine rings is 1. The molecule has 1 atom stereocenters. The Morgan fingerprint density at radius 1 is 1.20 bits per heavy atom. The van der Waals surface area contributed by atoms with Gasteiger partial charge in [-0.25, -0.2) is 0 Å². The average molecular weight is 295 g/mol. The number of alkyl halides is 1. The molecule has 0 bridgehead atoms. The van der Waals surface area contributed by atoms with E-state index in [1.807, 2.05) is 4.90 Å². The van der Waals surface area contributed by atoms with Gasteiger partial charge in [-0.05, 0) is 30.5 Å². The molecular weight excluding hydrogens is 272 g/mol. The smallest absolute Gasteiger partial charge is 0.219 e. The van der Waals surface area contributed by atoms with Gasteiger partial charge in [-0.1, -0.05) is 18.2 Å². The third-order valence-corrected chi connectivity index (χ3v) is 4.52. The number of halogens is 1. The van der Waals surface area contributed by atoms with Crippen LogP contribution >= 0.6 is 11.6 Å². The van der Waals surface area contributed by atoms with E-state index in [1.54, 1.807) is 6.92 Å². The minimum atomic E-state index is 0.0122. The van der Waals surface area contributed by atoms with Crippen LogP contribution in [0.5, 0.6) is 0 Å². The first kappa shape index (κ1) is 15.3. The molecule has 0 aromatic heterocycles. The molecule has 0 spiro atoms. The van der Waals surface area contributed by atoms with E-state index >= 15 is 0 Å². The summed E-state index contributed by atoms with van der Waals surface area (Å²) in [7, 11) is 0. The first-order valence-corrected chi connectivity index (χ1v) is 7.60. The Kier molecular flexibility index (Phi) is 5.06.